The molecule has 0 aromatic heterocycles. The number of phenols is 1. The molecule has 4 aliphatic rings. The van der Waals surface area contributed by atoms with E-state index in [0.29, 0.717) is 19.3 Å². The Morgan fingerprint density at radius 1 is 0.952 bits per heavy atom. The van der Waals surface area contributed by atoms with Crippen LogP contribution in [0, 0.1) is 5.41 Å². The zero-order valence-corrected chi connectivity index (χ0v) is 37.1. The summed E-state index contributed by atoms with van der Waals surface area (Å²) in [5, 5.41) is 27.5. The number of nitrogens with zero attached hydrogens (tertiary/aromatic N) is 1. The first-order valence-corrected chi connectivity index (χ1v) is 22.6. The number of ether oxygens (including phenoxy) is 4. The number of allylic oxidation sites excluding steroid dienone is 1. The average molecular weight is 862 g/mol. The molecular weight excluding hydrogens is 795 g/mol. The monoisotopic (exact) mass is 861 g/mol. The molecule has 3 saturated heterocycles. The lowest BCUT2D eigenvalue weighted by Gasteiger charge is -2.48. The number of para-hydroxylation sites is 1. The summed E-state index contributed by atoms with van der Waals surface area (Å²) in [5.41, 5.74) is 0.437. The van der Waals surface area contributed by atoms with Crippen molar-refractivity contribution in [3.8, 4) is 5.75 Å². The number of nitrogens with one attached hydrogen (secondary N) is 2. The molecule has 4 N–H and O–H groups in total. The fourth-order valence-electron chi connectivity index (χ4n) is 9.35. The minimum Gasteiger partial charge on any atom is -0.508 e. The maximum Gasteiger partial charge on any atom is 0.327 e. The van der Waals surface area contributed by atoms with Gasteiger partial charge in [0.05, 0.1) is 19.2 Å². The number of carbonyl (C=O) groups excluding carboxylic acids is 4. The molecule has 2 aromatic rings. The highest BCUT2D eigenvalue weighted by Gasteiger charge is 2.76. The number of aromatic hydroxyl groups is 1. The van der Waals surface area contributed by atoms with E-state index in [1.54, 1.807) is 38.0 Å². The molecule has 0 radical (unpaired) electrons. The van der Waals surface area contributed by atoms with Crippen molar-refractivity contribution in [2.75, 3.05) is 13.2 Å². The van der Waals surface area contributed by atoms with Gasteiger partial charge in [-0.1, -0.05) is 94.1 Å². The van der Waals surface area contributed by atoms with E-state index in [-0.39, 0.29) is 51.1 Å². The summed E-state index contributed by atoms with van der Waals surface area (Å²) in [7, 11) is 0. The summed E-state index contributed by atoms with van der Waals surface area (Å²) < 4.78 is 25.5. The van der Waals surface area contributed by atoms with Gasteiger partial charge in [-0.05, 0) is 69.2 Å². The van der Waals surface area contributed by atoms with Crippen LogP contribution in [0.25, 0.3) is 6.08 Å². The van der Waals surface area contributed by atoms with Crippen LogP contribution in [-0.4, -0.2) is 100 Å². The van der Waals surface area contributed by atoms with Gasteiger partial charge < -0.3 is 39.8 Å². The summed E-state index contributed by atoms with van der Waals surface area (Å²) in [6.07, 6.45) is 8.88. The molecule has 0 spiro atoms. The second kappa shape index (κ2) is 20.9. The van der Waals surface area contributed by atoms with E-state index in [4.69, 9.17) is 23.8 Å². The van der Waals surface area contributed by atoms with Gasteiger partial charge in [0, 0.05) is 38.6 Å². The SMILES string of the molecule is CCCCCC1(CCCCC)O[C@@H]2[C@H](O1)[C@H]1ON(Cc3ccccc3C=CCc3ccccc3O)[C@@H]3C(=O)O[C@@H]2C[C@]13C(=O)NCCC(=O)N[C@H](CO)CCC(=O)OC(C)(C)C. The van der Waals surface area contributed by atoms with Crippen LogP contribution in [0.4, 0.5) is 0 Å². The Kier molecular flexibility index (Phi) is 15.9. The van der Waals surface area contributed by atoms with E-state index in [2.05, 4.69) is 24.5 Å². The molecule has 62 heavy (non-hydrogen) atoms. The van der Waals surface area contributed by atoms with E-state index < -0.39 is 77.1 Å². The molecule has 2 aromatic carbocycles. The Balaban J connectivity index is 1.23. The molecule has 4 fully saturated rings. The fraction of sp³-hybridized carbons (Fsp3) is 0.625. The second-order valence-electron chi connectivity index (χ2n) is 18.2. The molecule has 14 heteroatoms. The lowest BCUT2D eigenvalue weighted by molar-refractivity contribution is -0.224. The highest BCUT2D eigenvalue weighted by Crippen LogP contribution is 2.58. The number of carbonyl (C=O) groups is 4. The normalized spacial score (nSPS) is 25.6. The number of aliphatic hydroxyl groups excluding tert-OH is 1. The van der Waals surface area contributed by atoms with Crippen molar-refractivity contribution in [2.24, 2.45) is 5.41 Å². The van der Waals surface area contributed by atoms with Crippen LogP contribution in [0.3, 0.4) is 0 Å². The standard InChI is InChI=1S/C48H67N3O11/c1-6-8-14-26-47(27-15-9-7-2)60-40-37-29-48(45(57)49-28-25-38(54)50-35(31-52)23-24-39(55)59-46(3,4)5)42(44(56)58-37)51(62-43(48)41(40)61-47)30-34-19-11-10-17-32(34)20-16-21-33-18-12-13-22-36(33)53/h10-13,16-20,22,35,37,40-43,52-53H,6-9,14-15,21,23-31H2,1-5H3,(H,49,57)(H,50,54)/t35-,37+,40-,41-,42+,43+,48+/m0/s1. The van der Waals surface area contributed by atoms with Gasteiger partial charge in [0.2, 0.25) is 11.8 Å². The van der Waals surface area contributed by atoms with Crippen LogP contribution in [0.5, 0.6) is 5.75 Å². The minimum absolute atomic E-state index is 0.0179. The van der Waals surface area contributed by atoms with Crippen LogP contribution in [0.2, 0.25) is 0 Å². The molecule has 1 aliphatic carbocycles. The van der Waals surface area contributed by atoms with E-state index in [1.165, 1.54) is 0 Å². The number of hydrogen-bond acceptors (Lipinski definition) is 12. The molecule has 6 rings (SSSR count). The van der Waals surface area contributed by atoms with Crippen molar-refractivity contribution >= 4 is 29.8 Å². The van der Waals surface area contributed by atoms with Crippen molar-refractivity contribution in [1.29, 1.82) is 0 Å². The van der Waals surface area contributed by atoms with Crippen molar-refractivity contribution in [1.82, 2.24) is 15.7 Å². The van der Waals surface area contributed by atoms with Gasteiger partial charge in [-0.15, -0.1) is 0 Å². The number of phenolic OH excluding ortho intramolecular Hbond substituents is 1. The number of aliphatic hydroxyl groups is 1. The van der Waals surface area contributed by atoms with Crippen molar-refractivity contribution in [3.63, 3.8) is 0 Å². The number of unbranched alkanes of at least 4 members (excludes halogenated alkanes) is 4. The third kappa shape index (κ3) is 11.1. The first-order valence-electron chi connectivity index (χ1n) is 22.6. The average Bonchev–Trinajstić information content (AvgIpc) is 3.78. The lowest BCUT2D eigenvalue weighted by Crippen LogP contribution is -2.69. The number of hydroxylamine groups is 2. The largest absolute Gasteiger partial charge is 0.508 e. The Morgan fingerprint density at radius 3 is 2.31 bits per heavy atom. The smallest absolute Gasteiger partial charge is 0.327 e. The summed E-state index contributed by atoms with van der Waals surface area (Å²) in [6, 6.07) is 13.1. The Hall–Kier alpha value is -4.34. The molecule has 3 heterocycles. The second-order valence-corrected chi connectivity index (χ2v) is 18.2. The van der Waals surface area contributed by atoms with Gasteiger partial charge in [0.1, 0.15) is 41.2 Å². The summed E-state index contributed by atoms with van der Waals surface area (Å²) in [6.45, 7) is 9.33. The number of benzene rings is 2. The van der Waals surface area contributed by atoms with E-state index in [0.717, 1.165) is 55.2 Å². The molecule has 340 valence electrons. The molecule has 7 atom stereocenters. The summed E-state index contributed by atoms with van der Waals surface area (Å²) in [5.74, 6) is -2.57. The van der Waals surface area contributed by atoms with Gasteiger partial charge in [0.15, 0.2) is 11.8 Å². The topological polar surface area (TPSA) is 182 Å². The third-order valence-corrected chi connectivity index (χ3v) is 12.3. The Bertz CT molecular complexity index is 1890. The van der Waals surface area contributed by atoms with E-state index in [1.807, 2.05) is 48.6 Å². The number of hydrogen-bond donors (Lipinski definition) is 4. The molecule has 2 amide bonds. The molecule has 3 aliphatic heterocycles. The van der Waals surface area contributed by atoms with Gasteiger partial charge in [-0.2, -0.15) is 5.06 Å². The lowest BCUT2D eigenvalue weighted by atomic mass is 9.62. The molecular formula is C48H67N3O11. The van der Waals surface area contributed by atoms with Gasteiger partial charge in [-0.25, -0.2) is 0 Å². The maximum absolute atomic E-state index is 14.9. The fourth-order valence-corrected chi connectivity index (χ4v) is 9.35. The van der Waals surface area contributed by atoms with E-state index >= 15 is 0 Å². The first kappa shape index (κ1) is 47.1. The zero-order chi connectivity index (χ0) is 44.5. The first-order chi connectivity index (χ1) is 29.7. The molecule has 0 unspecified atom stereocenters. The van der Waals surface area contributed by atoms with Crippen molar-refractivity contribution in [3.05, 3.63) is 71.3 Å². The maximum atomic E-state index is 14.9. The van der Waals surface area contributed by atoms with Gasteiger partial charge in [-0.3, -0.25) is 24.0 Å². The van der Waals surface area contributed by atoms with Gasteiger partial charge >= 0.3 is 11.9 Å². The Labute approximate surface area is 366 Å². The molecule has 1 saturated carbocycles. The highest BCUT2D eigenvalue weighted by molar-refractivity contribution is 5.94. The number of fused-ring (bicyclic) bond motifs is 4. The molecule has 14 nitrogen and oxygen atoms in total. The van der Waals surface area contributed by atoms with Gasteiger partial charge in [0.25, 0.3) is 0 Å². The number of rotatable bonds is 22. The highest BCUT2D eigenvalue weighted by atomic mass is 16.8. The van der Waals surface area contributed by atoms with Crippen LogP contribution >= 0.6 is 0 Å². The van der Waals surface area contributed by atoms with Crippen molar-refractivity contribution < 1.29 is 53.2 Å². The summed E-state index contributed by atoms with van der Waals surface area (Å²) in [4.78, 5) is 61.4. The third-order valence-electron chi connectivity index (χ3n) is 12.3. The Morgan fingerprint density at radius 2 is 1.63 bits per heavy atom. The number of esters is 2. The van der Waals surface area contributed by atoms with Crippen LogP contribution in [-0.2, 0) is 55.9 Å². The zero-order valence-electron chi connectivity index (χ0n) is 37.1. The van der Waals surface area contributed by atoms with Crippen LogP contribution in [0.1, 0.15) is 128 Å². The predicted molar refractivity (Wildman–Crippen MR) is 231 cm³/mol. The van der Waals surface area contributed by atoms with Crippen molar-refractivity contribution in [2.45, 2.75) is 173 Å². The predicted octanol–water partition coefficient (Wildman–Crippen LogP) is 6.19. The number of amides is 2. The van der Waals surface area contributed by atoms with E-state index in [9.17, 15) is 29.4 Å². The summed E-state index contributed by atoms with van der Waals surface area (Å²) >= 11 is 0. The van der Waals surface area contributed by atoms with Crippen LogP contribution < -0.4 is 10.6 Å². The minimum atomic E-state index is -1.43. The van der Waals surface area contributed by atoms with Crippen LogP contribution in [0.15, 0.2) is 54.6 Å². The molecule has 2 bridgehead atoms. The quantitative estimate of drug-likeness (QED) is 0.0780.